The summed E-state index contributed by atoms with van der Waals surface area (Å²) in [6.45, 7) is 4.56. The van der Waals surface area contributed by atoms with E-state index in [1.807, 2.05) is 60.7 Å². The summed E-state index contributed by atoms with van der Waals surface area (Å²) in [4.78, 5) is 0. The Morgan fingerprint density at radius 1 is 0.642 bits per heavy atom. The number of rotatable bonds is 15. The van der Waals surface area contributed by atoms with Gasteiger partial charge in [-0.3, -0.25) is 0 Å². The molecular formula is C44H48O8Si. The van der Waals surface area contributed by atoms with E-state index in [0.717, 1.165) is 50.4 Å². The number of hydrogen-bond acceptors (Lipinski definition) is 8. The van der Waals surface area contributed by atoms with E-state index in [1.54, 1.807) is 7.11 Å². The van der Waals surface area contributed by atoms with Crippen LogP contribution in [0.3, 0.4) is 0 Å². The molecule has 0 radical (unpaired) electrons. The Hall–Kier alpha value is -4.32. The van der Waals surface area contributed by atoms with Crippen LogP contribution in [0.2, 0.25) is 0 Å². The lowest BCUT2D eigenvalue weighted by atomic mass is 9.85. The van der Waals surface area contributed by atoms with E-state index in [0.29, 0.717) is 56.5 Å². The second-order valence-corrected chi connectivity index (χ2v) is 14.1. The van der Waals surface area contributed by atoms with E-state index in [2.05, 4.69) is 73.7 Å². The van der Waals surface area contributed by atoms with Crippen molar-refractivity contribution in [2.45, 2.75) is 63.4 Å². The van der Waals surface area contributed by atoms with Crippen LogP contribution in [0.1, 0.15) is 38.9 Å². The average Bonchev–Trinajstić information content (AvgIpc) is 3.21. The summed E-state index contributed by atoms with van der Waals surface area (Å²) in [5.41, 5.74) is 7.32. The lowest BCUT2D eigenvalue weighted by Crippen LogP contribution is -2.66. The highest BCUT2D eigenvalue weighted by Gasteiger charge is 2.58. The van der Waals surface area contributed by atoms with Crippen molar-refractivity contribution >= 4 is 10.5 Å². The van der Waals surface area contributed by atoms with Crippen molar-refractivity contribution < 1.29 is 37.6 Å². The van der Waals surface area contributed by atoms with Crippen molar-refractivity contribution in [1.29, 1.82) is 0 Å². The molecule has 1 saturated heterocycles. The summed E-state index contributed by atoms with van der Waals surface area (Å²) < 4.78 is 52.1. The largest absolute Gasteiger partial charge is 0.486 e. The summed E-state index contributed by atoms with van der Waals surface area (Å²) in [5, 5.41) is 0. The molecule has 5 aromatic rings. The third-order valence-corrected chi connectivity index (χ3v) is 10.3. The first-order valence-corrected chi connectivity index (χ1v) is 19.0. The third kappa shape index (κ3) is 8.74. The molecule has 0 spiro atoms. The van der Waals surface area contributed by atoms with Gasteiger partial charge in [-0.2, -0.15) is 0 Å². The Morgan fingerprint density at radius 3 is 1.83 bits per heavy atom. The SMILES string of the molecule is COC1(c2ccc(C)c(Cc3ccc4c(c3)OCCO4)c2)O[C@H](CO[SiH3])[C@@H](OCc2ccccc2)[C@H](OCc2ccccc2)[C@H]1OCc1ccccc1. The summed E-state index contributed by atoms with van der Waals surface area (Å²) in [5.74, 6) is 0.172. The topological polar surface area (TPSA) is 73.8 Å². The summed E-state index contributed by atoms with van der Waals surface area (Å²) >= 11 is 0. The minimum absolute atomic E-state index is 0.309. The quantitative estimate of drug-likeness (QED) is 0.112. The van der Waals surface area contributed by atoms with Crippen LogP contribution in [0.5, 0.6) is 11.5 Å². The van der Waals surface area contributed by atoms with Crippen LogP contribution < -0.4 is 9.47 Å². The third-order valence-electron chi connectivity index (χ3n) is 9.92. The van der Waals surface area contributed by atoms with Gasteiger partial charge in [-0.15, -0.1) is 0 Å². The van der Waals surface area contributed by atoms with Gasteiger partial charge >= 0.3 is 0 Å². The molecule has 0 aromatic heterocycles. The van der Waals surface area contributed by atoms with Crippen LogP contribution in [0, 0.1) is 6.92 Å². The molecule has 0 N–H and O–H groups in total. The van der Waals surface area contributed by atoms with E-state index in [1.165, 1.54) is 0 Å². The molecule has 0 aliphatic carbocycles. The Morgan fingerprint density at radius 2 is 1.23 bits per heavy atom. The number of benzene rings is 5. The maximum absolute atomic E-state index is 7.16. The van der Waals surface area contributed by atoms with E-state index in [9.17, 15) is 0 Å². The minimum atomic E-state index is -1.37. The van der Waals surface area contributed by atoms with Crippen molar-refractivity contribution in [2.24, 2.45) is 0 Å². The zero-order chi connectivity index (χ0) is 36.5. The van der Waals surface area contributed by atoms with Crippen molar-refractivity contribution in [2.75, 3.05) is 26.9 Å². The van der Waals surface area contributed by atoms with Gasteiger partial charge in [0, 0.05) is 12.7 Å². The summed E-state index contributed by atoms with van der Waals surface area (Å²) in [6, 6.07) is 42.9. The normalized spacial score (nSPS) is 22.5. The van der Waals surface area contributed by atoms with Gasteiger partial charge in [-0.1, -0.05) is 109 Å². The van der Waals surface area contributed by atoms with Crippen LogP contribution in [0.25, 0.3) is 0 Å². The Balaban J connectivity index is 1.29. The minimum Gasteiger partial charge on any atom is -0.486 e. The number of aryl methyl sites for hydroxylation is 1. The molecule has 1 unspecified atom stereocenters. The van der Waals surface area contributed by atoms with Crippen molar-refractivity contribution in [3.8, 4) is 11.5 Å². The molecule has 0 saturated carbocycles. The van der Waals surface area contributed by atoms with E-state index >= 15 is 0 Å². The zero-order valence-electron chi connectivity index (χ0n) is 30.6. The molecule has 0 amide bonds. The van der Waals surface area contributed by atoms with E-state index < -0.39 is 30.2 Å². The molecule has 2 heterocycles. The Bertz CT molecular complexity index is 1890. The molecule has 8 nitrogen and oxygen atoms in total. The highest BCUT2D eigenvalue weighted by atomic mass is 28.2. The van der Waals surface area contributed by atoms with Gasteiger partial charge in [0.25, 0.3) is 0 Å². The molecule has 5 aromatic carbocycles. The molecule has 276 valence electrons. The van der Waals surface area contributed by atoms with Crippen molar-refractivity contribution in [3.05, 3.63) is 166 Å². The first-order valence-electron chi connectivity index (χ1n) is 18.2. The Labute approximate surface area is 315 Å². The maximum Gasteiger partial charge on any atom is 0.225 e. The second kappa shape index (κ2) is 17.7. The fraction of sp³-hybridized carbons (Fsp3) is 0.318. The molecule has 1 fully saturated rings. The fourth-order valence-electron chi connectivity index (χ4n) is 7.15. The molecule has 9 heteroatoms. The molecule has 7 rings (SSSR count). The van der Waals surface area contributed by atoms with Crippen molar-refractivity contribution in [1.82, 2.24) is 0 Å². The number of methoxy groups -OCH3 is 1. The predicted octanol–water partition coefficient (Wildman–Crippen LogP) is 6.61. The van der Waals surface area contributed by atoms with Gasteiger partial charge in [0.2, 0.25) is 5.79 Å². The highest BCUT2D eigenvalue weighted by Crippen LogP contribution is 2.44. The van der Waals surface area contributed by atoms with E-state index in [4.69, 9.17) is 37.6 Å². The van der Waals surface area contributed by atoms with Gasteiger partial charge in [-0.05, 0) is 64.9 Å². The van der Waals surface area contributed by atoms with Gasteiger partial charge in [0.05, 0.1) is 26.4 Å². The molecule has 5 atom stereocenters. The summed E-state index contributed by atoms with van der Waals surface area (Å²) in [6.07, 6.45) is -1.75. The van der Waals surface area contributed by atoms with Crippen LogP contribution in [-0.4, -0.2) is 61.8 Å². The number of hydrogen-bond donors (Lipinski definition) is 0. The molecule has 0 bridgehead atoms. The van der Waals surface area contributed by atoms with Crippen molar-refractivity contribution in [3.63, 3.8) is 0 Å². The lowest BCUT2D eigenvalue weighted by molar-refractivity contribution is -0.383. The lowest BCUT2D eigenvalue weighted by Gasteiger charge is -2.52. The average molecular weight is 733 g/mol. The van der Waals surface area contributed by atoms with E-state index in [-0.39, 0.29) is 0 Å². The highest BCUT2D eigenvalue weighted by molar-refractivity contribution is 5.97. The standard InChI is InChI=1S/C44H48O8Si/c1-31-18-20-37(26-36(31)24-35-19-21-38-39(25-35)47-23-22-46-38)44(45-2)43(50-29-34-16-10-5-11-17-34)42(49-28-33-14-8-4-9-15-33)41(40(52-44)30-51-53)48-27-32-12-6-3-7-13-32/h3-21,25-26,40-43H,22-24,27-30H2,1-2,53H3/t40-,41-,42+,43-,44?/m1/s1. The van der Waals surface area contributed by atoms with Crippen LogP contribution in [0.4, 0.5) is 0 Å². The molecule has 2 aliphatic heterocycles. The maximum atomic E-state index is 7.16. The Kier molecular flexibility index (Phi) is 12.3. The first kappa shape index (κ1) is 37.0. The first-order chi connectivity index (χ1) is 26.1. The predicted molar refractivity (Wildman–Crippen MR) is 206 cm³/mol. The van der Waals surface area contributed by atoms with Crippen LogP contribution in [-0.2, 0) is 60.1 Å². The monoisotopic (exact) mass is 732 g/mol. The molecular weight excluding hydrogens is 685 g/mol. The molecule has 2 aliphatic rings. The number of fused-ring (bicyclic) bond motifs is 1. The summed E-state index contributed by atoms with van der Waals surface area (Å²) in [7, 11) is 2.20. The zero-order valence-corrected chi connectivity index (χ0v) is 32.6. The smallest absolute Gasteiger partial charge is 0.225 e. The second-order valence-electron chi connectivity index (χ2n) is 13.5. The number of ether oxygens (including phenoxy) is 7. The van der Waals surface area contributed by atoms with Gasteiger partial charge in [-0.25, -0.2) is 0 Å². The van der Waals surface area contributed by atoms with Gasteiger partial charge in [0.15, 0.2) is 11.5 Å². The van der Waals surface area contributed by atoms with Gasteiger partial charge < -0.3 is 37.6 Å². The van der Waals surface area contributed by atoms with Crippen LogP contribution in [0.15, 0.2) is 127 Å². The molecule has 53 heavy (non-hydrogen) atoms. The van der Waals surface area contributed by atoms with Gasteiger partial charge in [0.1, 0.15) is 48.1 Å². The fourth-order valence-corrected chi connectivity index (χ4v) is 7.47. The van der Waals surface area contributed by atoms with Crippen LogP contribution >= 0.6 is 0 Å².